The lowest BCUT2D eigenvalue weighted by atomic mass is 9.94. The lowest BCUT2D eigenvalue weighted by Gasteiger charge is -2.27. The van der Waals surface area contributed by atoms with Crippen molar-refractivity contribution in [2.24, 2.45) is 0 Å². The standard InChI is InChI=1S/C50H39F6N3O2/c1-32(60)31-58-23-21-37(22-24-58)44(48(61)57-40-29-38(49(51,52)53)28-39(30-40)50(54,55)56)26-34-17-20-47-45(27-34)42-13-8-14-46(42)59(47)41-18-15-33(16-19-41)25-43(35-9-4-2-5-10-35)36-11-6-3-7-12-36/h2-7,9-12,15-30,42,46H,8,13-14,31H2,1H3/p+1. The number of hydrogen-bond acceptors (Lipinski definition) is 3. The van der Waals surface area contributed by atoms with E-state index in [1.165, 1.54) is 6.92 Å². The molecule has 1 aliphatic carbocycles. The van der Waals surface area contributed by atoms with Gasteiger partial charge in [-0.1, -0.05) is 85.3 Å². The fourth-order valence-corrected chi connectivity index (χ4v) is 8.44. The van der Waals surface area contributed by atoms with E-state index in [9.17, 15) is 35.9 Å². The van der Waals surface area contributed by atoms with Crippen molar-refractivity contribution in [1.82, 2.24) is 0 Å². The number of nitrogens with zero attached hydrogens (tertiary/aromatic N) is 2. The molecular weight excluding hydrogens is 789 g/mol. The topological polar surface area (TPSA) is 53.3 Å². The van der Waals surface area contributed by atoms with Crippen molar-refractivity contribution in [3.8, 4) is 0 Å². The number of Topliss-reactive ketones (excluding diaryl/α,β-unsaturated/α-hetero) is 1. The lowest BCUT2D eigenvalue weighted by molar-refractivity contribution is -0.684. The van der Waals surface area contributed by atoms with E-state index in [0.717, 1.165) is 58.5 Å². The molecule has 2 aliphatic rings. The predicted molar refractivity (Wildman–Crippen MR) is 226 cm³/mol. The van der Waals surface area contributed by atoms with Crippen LogP contribution in [0.1, 0.15) is 76.6 Å². The molecule has 8 rings (SSSR count). The SMILES string of the molecule is CC(=O)C[n+]1ccc(/C(=C/c2ccc3c(c2)C2CCCC2N3c2ccc(C=C(c3ccccc3)c3ccccc3)cc2)C(=O)Nc2cc(C(F)(F)F)cc(C(F)(F)F)c2)cc1. The highest BCUT2D eigenvalue weighted by Gasteiger charge is 2.42. The van der Waals surface area contributed by atoms with Crippen LogP contribution < -0.4 is 14.8 Å². The second-order valence-corrected chi connectivity index (χ2v) is 15.4. The van der Waals surface area contributed by atoms with Crippen LogP contribution in [0.2, 0.25) is 0 Å². The summed E-state index contributed by atoms with van der Waals surface area (Å²) < 4.78 is 83.8. The summed E-state index contributed by atoms with van der Waals surface area (Å²) in [5.74, 6) is -0.813. The maximum atomic E-state index is 14.0. The number of alkyl halides is 6. The first-order valence-corrected chi connectivity index (χ1v) is 19.9. The summed E-state index contributed by atoms with van der Waals surface area (Å²) in [6, 6.07) is 39.2. The van der Waals surface area contributed by atoms with E-state index in [0.29, 0.717) is 23.3 Å². The zero-order valence-electron chi connectivity index (χ0n) is 33.0. The quantitative estimate of drug-likeness (QED) is 0.0648. The van der Waals surface area contributed by atoms with Crippen LogP contribution in [0.15, 0.2) is 146 Å². The summed E-state index contributed by atoms with van der Waals surface area (Å²) in [4.78, 5) is 28.1. The van der Waals surface area contributed by atoms with E-state index < -0.39 is 35.1 Å². The molecule has 308 valence electrons. The molecule has 1 fully saturated rings. The molecule has 1 amide bonds. The normalized spacial score (nSPS) is 16.2. The summed E-state index contributed by atoms with van der Waals surface area (Å²) in [6.07, 6.45) is -0.277. The molecule has 0 bridgehead atoms. The van der Waals surface area contributed by atoms with Crippen LogP contribution in [0.4, 0.5) is 43.4 Å². The van der Waals surface area contributed by atoms with E-state index in [2.05, 4.69) is 64.8 Å². The number of pyridine rings is 1. The molecule has 0 saturated heterocycles. The molecule has 5 aromatic carbocycles. The third-order valence-corrected chi connectivity index (χ3v) is 11.2. The van der Waals surface area contributed by atoms with Crippen LogP contribution >= 0.6 is 0 Å². The highest BCUT2D eigenvalue weighted by atomic mass is 19.4. The number of nitrogens with one attached hydrogen (secondary N) is 1. The molecule has 0 spiro atoms. The number of carbonyl (C=O) groups excluding carboxylic acids is 2. The number of anilines is 3. The molecule has 1 aromatic heterocycles. The molecule has 6 aromatic rings. The van der Waals surface area contributed by atoms with Gasteiger partial charge in [0.15, 0.2) is 18.2 Å². The fraction of sp³-hybridized carbons (Fsp3) is 0.180. The highest BCUT2D eigenvalue weighted by Crippen LogP contribution is 2.52. The number of amides is 1. The number of halogens is 6. The van der Waals surface area contributed by atoms with Crippen LogP contribution in [0.5, 0.6) is 0 Å². The first-order valence-electron chi connectivity index (χ1n) is 19.9. The minimum atomic E-state index is -5.09. The zero-order valence-corrected chi connectivity index (χ0v) is 33.0. The lowest BCUT2D eigenvalue weighted by Crippen LogP contribution is -2.36. The molecule has 2 heterocycles. The number of aromatic nitrogens is 1. The summed E-state index contributed by atoms with van der Waals surface area (Å²) in [5.41, 5.74) is 4.79. The summed E-state index contributed by atoms with van der Waals surface area (Å²) in [6.45, 7) is 1.50. The van der Waals surface area contributed by atoms with Gasteiger partial charge in [-0.15, -0.1) is 0 Å². The van der Waals surface area contributed by atoms with Crippen molar-refractivity contribution in [2.75, 3.05) is 10.2 Å². The van der Waals surface area contributed by atoms with Gasteiger partial charge in [-0.2, -0.15) is 30.9 Å². The van der Waals surface area contributed by atoms with Gasteiger partial charge in [0.25, 0.3) is 5.91 Å². The molecule has 61 heavy (non-hydrogen) atoms. The summed E-state index contributed by atoms with van der Waals surface area (Å²) >= 11 is 0. The van der Waals surface area contributed by atoms with Crippen molar-refractivity contribution in [1.29, 1.82) is 0 Å². The molecule has 5 nitrogen and oxygen atoms in total. The van der Waals surface area contributed by atoms with Gasteiger partial charge in [0, 0.05) is 53.7 Å². The van der Waals surface area contributed by atoms with Crippen molar-refractivity contribution >= 4 is 52.1 Å². The molecule has 1 aliphatic heterocycles. The van der Waals surface area contributed by atoms with Crippen molar-refractivity contribution in [3.05, 3.63) is 190 Å². The van der Waals surface area contributed by atoms with Gasteiger partial charge in [-0.3, -0.25) is 9.59 Å². The Morgan fingerprint density at radius 2 is 1.28 bits per heavy atom. The Hall–Kier alpha value is -6.75. The Balaban J connectivity index is 1.14. The largest absolute Gasteiger partial charge is 0.416 e. The summed E-state index contributed by atoms with van der Waals surface area (Å²) in [5, 5.41) is 2.30. The van der Waals surface area contributed by atoms with Gasteiger partial charge in [0.1, 0.15) is 0 Å². The van der Waals surface area contributed by atoms with Gasteiger partial charge in [-0.05, 0) is 106 Å². The van der Waals surface area contributed by atoms with E-state index in [-0.39, 0.29) is 35.9 Å². The van der Waals surface area contributed by atoms with Crippen molar-refractivity contribution < 1.29 is 40.5 Å². The molecule has 2 atom stereocenters. The number of fused-ring (bicyclic) bond motifs is 3. The van der Waals surface area contributed by atoms with Gasteiger partial charge in [0.2, 0.25) is 6.54 Å². The zero-order chi connectivity index (χ0) is 42.9. The second kappa shape index (κ2) is 16.7. The third kappa shape index (κ3) is 9.06. The maximum Gasteiger partial charge on any atom is 0.416 e. The highest BCUT2D eigenvalue weighted by molar-refractivity contribution is 6.29. The summed E-state index contributed by atoms with van der Waals surface area (Å²) in [7, 11) is 0. The van der Waals surface area contributed by atoms with E-state index in [4.69, 9.17) is 0 Å². The van der Waals surface area contributed by atoms with Crippen LogP contribution in [0.3, 0.4) is 0 Å². The number of ketones is 1. The molecule has 2 unspecified atom stereocenters. The van der Waals surface area contributed by atoms with E-state index in [1.807, 2.05) is 54.6 Å². The Labute approximate surface area is 349 Å². The molecule has 11 heteroatoms. The monoisotopic (exact) mass is 828 g/mol. The van der Waals surface area contributed by atoms with Crippen molar-refractivity contribution in [2.45, 2.75) is 57.0 Å². The minimum Gasteiger partial charge on any atom is -0.338 e. The molecule has 0 radical (unpaired) electrons. The number of benzene rings is 5. The number of carbonyl (C=O) groups is 2. The Kier molecular flexibility index (Phi) is 11.2. The van der Waals surface area contributed by atoms with Gasteiger partial charge >= 0.3 is 12.4 Å². The molecule has 1 N–H and O–H groups in total. The molecular formula is C50H40F6N3O2+. The van der Waals surface area contributed by atoms with Gasteiger partial charge < -0.3 is 10.2 Å². The molecule has 1 saturated carbocycles. The number of hydrogen-bond donors (Lipinski definition) is 1. The predicted octanol–water partition coefficient (Wildman–Crippen LogP) is 12.2. The van der Waals surface area contributed by atoms with Crippen LogP contribution in [0.25, 0.3) is 23.3 Å². The van der Waals surface area contributed by atoms with Crippen LogP contribution in [-0.2, 0) is 28.5 Å². The fourth-order valence-electron chi connectivity index (χ4n) is 8.44. The average molecular weight is 829 g/mol. The Bertz CT molecular complexity index is 2560. The van der Waals surface area contributed by atoms with Crippen molar-refractivity contribution in [3.63, 3.8) is 0 Å². The van der Waals surface area contributed by atoms with Gasteiger partial charge in [0.05, 0.1) is 11.1 Å². The number of rotatable bonds is 10. The smallest absolute Gasteiger partial charge is 0.338 e. The first kappa shape index (κ1) is 41.0. The van der Waals surface area contributed by atoms with Crippen LogP contribution in [-0.4, -0.2) is 17.7 Å². The van der Waals surface area contributed by atoms with E-state index >= 15 is 0 Å². The van der Waals surface area contributed by atoms with Crippen LogP contribution in [0, 0.1) is 0 Å². The Morgan fingerprint density at radius 1 is 0.689 bits per heavy atom. The minimum absolute atomic E-state index is 0.00717. The Morgan fingerprint density at radius 3 is 1.85 bits per heavy atom. The first-order chi connectivity index (χ1) is 29.2. The maximum absolute atomic E-state index is 14.0. The average Bonchev–Trinajstić information content (AvgIpc) is 3.83. The van der Waals surface area contributed by atoms with Gasteiger partial charge in [-0.25, -0.2) is 0 Å². The van der Waals surface area contributed by atoms with E-state index in [1.54, 1.807) is 35.2 Å². The third-order valence-electron chi connectivity index (χ3n) is 11.2. The second-order valence-electron chi connectivity index (χ2n) is 15.4.